The minimum Gasteiger partial charge on any atom is -0.402 e. The maximum Gasteiger partial charge on any atom is 0.230 e. The van der Waals surface area contributed by atoms with Crippen molar-refractivity contribution in [2.75, 3.05) is 11.6 Å². The molecule has 0 aliphatic carbocycles. The van der Waals surface area contributed by atoms with E-state index in [2.05, 4.69) is 20.8 Å². The van der Waals surface area contributed by atoms with Gasteiger partial charge in [-0.1, -0.05) is 65.9 Å². The van der Waals surface area contributed by atoms with E-state index in [1.165, 1.54) is 17.6 Å². The van der Waals surface area contributed by atoms with Gasteiger partial charge in [-0.15, -0.1) is 10.2 Å². The number of amides is 2. The van der Waals surface area contributed by atoms with Gasteiger partial charge in [-0.05, 0) is 48.1 Å². The molecule has 2 aromatic carbocycles. The first-order valence-electron chi connectivity index (χ1n) is 12.7. The Hall–Kier alpha value is -4.03. The molecule has 0 spiro atoms. The first kappa shape index (κ1) is 30.5. The molecule has 0 aliphatic heterocycles. The fourth-order valence-corrected chi connectivity index (χ4v) is 5.38. The third-order valence-corrected chi connectivity index (χ3v) is 7.33. The van der Waals surface area contributed by atoms with Crippen LogP contribution in [0.1, 0.15) is 41.0 Å². The number of hydrogen-bond acceptors (Lipinski definition) is 9. The normalized spacial score (nSPS) is 12.2. The van der Waals surface area contributed by atoms with E-state index in [1.807, 2.05) is 30.3 Å². The highest BCUT2D eigenvalue weighted by Crippen LogP contribution is 2.19. The van der Waals surface area contributed by atoms with Crippen LogP contribution in [0.5, 0.6) is 0 Å². The van der Waals surface area contributed by atoms with Gasteiger partial charge in [-0.3, -0.25) is 9.59 Å². The standard InChI is InChI=1S/C28H34N6O4S2/c1-40(37,38)19-22-11-7-10-21(16-22)18-26(36)32-28-34-33-27(39-28)13-6-5-12-23(29)14-15-24(30)31-25(35)17-20-8-3-2-4-9-20/h2-4,7-11,14-16H,5-6,12-13,17-19,29-30H2,1H3,(H,31,35)(H,32,34,36)/b23-14-,24-15+. The van der Waals surface area contributed by atoms with Crippen molar-refractivity contribution in [3.05, 3.63) is 100.0 Å². The largest absolute Gasteiger partial charge is 0.402 e. The van der Waals surface area contributed by atoms with E-state index < -0.39 is 9.84 Å². The van der Waals surface area contributed by atoms with Crippen molar-refractivity contribution in [2.24, 2.45) is 11.5 Å². The van der Waals surface area contributed by atoms with Crippen LogP contribution in [-0.4, -0.2) is 36.7 Å². The fraction of sp³-hybridized carbons (Fsp3) is 0.286. The molecule has 12 heteroatoms. The Labute approximate surface area is 238 Å². The third kappa shape index (κ3) is 11.8. The number of rotatable bonds is 14. The summed E-state index contributed by atoms with van der Waals surface area (Å²) in [6, 6.07) is 16.4. The monoisotopic (exact) mass is 582 g/mol. The van der Waals surface area contributed by atoms with Crippen molar-refractivity contribution in [1.29, 1.82) is 0 Å². The van der Waals surface area contributed by atoms with Crippen molar-refractivity contribution in [3.63, 3.8) is 0 Å². The van der Waals surface area contributed by atoms with Crippen LogP contribution in [0, 0.1) is 0 Å². The number of nitrogens with zero attached hydrogens (tertiary/aromatic N) is 2. The number of nitrogens with one attached hydrogen (secondary N) is 2. The Morgan fingerprint density at radius 2 is 1.60 bits per heavy atom. The number of carbonyl (C=O) groups excluding carboxylic acids is 2. The molecule has 2 amide bonds. The lowest BCUT2D eigenvalue weighted by Gasteiger charge is -2.05. The molecule has 3 aromatic rings. The number of aryl methyl sites for hydroxylation is 1. The van der Waals surface area contributed by atoms with Crippen LogP contribution in [0.15, 0.2) is 78.3 Å². The van der Waals surface area contributed by atoms with Crippen LogP contribution in [-0.2, 0) is 44.4 Å². The molecular formula is C28H34N6O4S2. The number of carbonyl (C=O) groups is 2. The van der Waals surface area contributed by atoms with Gasteiger partial charge in [-0.25, -0.2) is 8.42 Å². The van der Waals surface area contributed by atoms with Crippen LogP contribution in [0.4, 0.5) is 5.13 Å². The fourth-order valence-electron chi connectivity index (χ4n) is 3.80. The molecule has 0 fully saturated rings. The highest BCUT2D eigenvalue weighted by molar-refractivity contribution is 7.89. The number of unbranched alkanes of at least 4 members (excludes halogenated alkanes) is 1. The molecule has 10 nitrogen and oxygen atoms in total. The first-order chi connectivity index (χ1) is 19.1. The number of sulfone groups is 1. The lowest BCUT2D eigenvalue weighted by atomic mass is 10.1. The van der Waals surface area contributed by atoms with E-state index in [-0.39, 0.29) is 36.2 Å². The Morgan fingerprint density at radius 1 is 0.900 bits per heavy atom. The van der Waals surface area contributed by atoms with Gasteiger partial charge in [0, 0.05) is 18.4 Å². The van der Waals surface area contributed by atoms with Gasteiger partial charge in [0.05, 0.1) is 18.6 Å². The lowest BCUT2D eigenvalue weighted by Crippen LogP contribution is -2.28. The molecule has 212 valence electrons. The quantitative estimate of drug-likeness (QED) is 0.166. The summed E-state index contributed by atoms with van der Waals surface area (Å²) in [6.45, 7) is 0. The summed E-state index contributed by atoms with van der Waals surface area (Å²) in [5, 5.41) is 14.8. The summed E-state index contributed by atoms with van der Waals surface area (Å²) in [5.74, 6) is -0.282. The van der Waals surface area contributed by atoms with E-state index in [0.717, 1.165) is 29.0 Å². The van der Waals surface area contributed by atoms with Gasteiger partial charge in [0.25, 0.3) is 0 Å². The molecule has 0 saturated carbocycles. The Morgan fingerprint density at radius 3 is 2.35 bits per heavy atom. The second-order valence-electron chi connectivity index (χ2n) is 9.40. The zero-order chi connectivity index (χ0) is 29.0. The number of aromatic nitrogens is 2. The van der Waals surface area contributed by atoms with Crippen LogP contribution in [0.3, 0.4) is 0 Å². The van der Waals surface area contributed by atoms with E-state index in [1.54, 1.807) is 36.4 Å². The Bertz CT molecular complexity index is 1470. The summed E-state index contributed by atoms with van der Waals surface area (Å²) in [7, 11) is -3.15. The number of allylic oxidation sites excluding steroid dienone is 3. The first-order valence-corrected chi connectivity index (χ1v) is 15.6. The molecular weight excluding hydrogens is 548 g/mol. The SMILES string of the molecule is CS(=O)(=O)Cc1cccc(CC(=O)Nc2nnc(CCCC/C(N)=C/C=C(\N)NC(=O)Cc3ccccc3)s2)c1. The lowest BCUT2D eigenvalue weighted by molar-refractivity contribution is -0.119. The van der Waals surface area contributed by atoms with Crippen molar-refractivity contribution in [3.8, 4) is 0 Å². The summed E-state index contributed by atoms with van der Waals surface area (Å²) < 4.78 is 23.0. The molecule has 0 bridgehead atoms. The van der Waals surface area contributed by atoms with Crippen LogP contribution >= 0.6 is 11.3 Å². The zero-order valence-electron chi connectivity index (χ0n) is 22.3. The molecule has 3 rings (SSSR count). The molecule has 1 heterocycles. The number of anilines is 1. The highest BCUT2D eigenvalue weighted by Gasteiger charge is 2.11. The van der Waals surface area contributed by atoms with Gasteiger partial charge < -0.3 is 22.1 Å². The topological polar surface area (TPSA) is 170 Å². The third-order valence-electron chi connectivity index (χ3n) is 5.57. The van der Waals surface area contributed by atoms with Gasteiger partial charge >= 0.3 is 0 Å². The summed E-state index contributed by atoms with van der Waals surface area (Å²) in [6.07, 6.45) is 7.80. The second kappa shape index (κ2) is 14.9. The minimum absolute atomic E-state index is 0.0676. The second-order valence-corrected chi connectivity index (χ2v) is 12.6. The summed E-state index contributed by atoms with van der Waals surface area (Å²) >= 11 is 1.32. The molecule has 0 atom stereocenters. The predicted octanol–water partition coefficient (Wildman–Crippen LogP) is 2.98. The van der Waals surface area contributed by atoms with E-state index in [4.69, 9.17) is 11.5 Å². The maximum absolute atomic E-state index is 12.4. The van der Waals surface area contributed by atoms with Crippen molar-refractivity contribution in [1.82, 2.24) is 15.5 Å². The number of nitrogens with two attached hydrogens (primary N) is 2. The highest BCUT2D eigenvalue weighted by atomic mass is 32.2. The minimum atomic E-state index is -3.15. The van der Waals surface area contributed by atoms with Gasteiger partial charge in [-0.2, -0.15) is 0 Å². The summed E-state index contributed by atoms with van der Waals surface area (Å²) in [5.41, 5.74) is 14.9. The van der Waals surface area contributed by atoms with Gasteiger partial charge in [0.1, 0.15) is 10.8 Å². The van der Waals surface area contributed by atoms with Crippen LogP contribution in [0.2, 0.25) is 0 Å². The van der Waals surface area contributed by atoms with Crippen LogP contribution < -0.4 is 22.1 Å². The predicted molar refractivity (Wildman–Crippen MR) is 158 cm³/mol. The number of benzene rings is 2. The molecule has 1 aromatic heterocycles. The average Bonchev–Trinajstić information content (AvgIpc) is 3.32. The average molecular weight is 583 g/mol. The van der Waals surface area contributed by atoms with E-state index in [0.29, 0.717) is 29.2 Å². The Balaban J connectivity index is 1.36. The van der Waals surface area contributed by atoms with Crippen molar-refractivity contribution in [2.45, 2.75) is 44.3 Å². The molecule has 0 radical (unpaired) electrons. The van der Waals surface area contributed by atoms with Crippen LogP contribution in [0.25, 0.3) is 0 Å². The maximum atomic E-state index is 12.4. The van der Waals surface area contributed by atoms with Crippen molar-refractivity contribution < 1.29 is 18.0 Å². The summed E-state index contributed by atoms with van der Waals surface area (Å²) in [4.78, 5) is 24.5. The van der Waals surface area contributed by atoms with E-state index in [9.17, 15) is 18.0 Å². The molecule has 0 unspecified atom stereocenters. The Kier molecular flexibility index (Phi) is 11.4. The zero-order valence-corrected chi connectivity index (χ0v) is 23.9. The molecule has 40 heavy (non-hydrogen) atoms. The molecule has 6 N–H and O–H groups in total. The molecule has 0 saturated heterocycles. The smallest absolute Gasteiger partial charge is 0.230 e. The van der Waals surface area contributed by atoms with Gasteiger partial charge in [0.15, 0.2) is 9.84 Å². The van der Waals surface area contributed by atoms with E-state index >= 15 is 0 Å². The van der Waals surface area contributed by atoms with Gasteiger partial charge in [0.2, 0.25) is 16.9 Å². The van der Waals surface area contributed by atoms with Crippen molar-refractivity contribution >= 4 is 38.1 Å². The number of hydrogen-bond donors (Lipinski definition) is 4. The molecule has 0 aliphatic rings.